The number of nitrogens with zero attached hydrogens (tertiary/aromatic N) is 2. The Bertz CT molecular complexity index is 1020. The zero-order valence-corrected chi connectivity index (χ0v) is 19.7. The quantitative estimate of drug-likeness (QED) is 0.661. The molecule has 1 fully saturated rings. The summed E-state index contributed by atoms with van der Waals surface area (Å²) >= 11 is 0. The molecule has 0 saturated carbocycles. The molecule has 1 atom stereocenters. The van der Waals surface area contributed by atoms with Crippen molar-refractivity contribution in [3.05, 3.63) is 47.5 Å². The Labute approximate surface area is 195 Å². The summed E-state index contributed by atoms with van der Waals surface area (Å²) in [6.45, 7) is 6.41. The zero-order valence-electron chi connectivity index (χ0n) is 19.7. The van der Waals surface area contributed by atoms with Crippen molar-refractivity contribution >= 4 is 23.2 Å². The number of carbonyl (C=O) groups is 2. The highest BCUT2D eigenvalue weighted by Crippen LogP contribution is 2.39. The standard InChI is InChI=1S/C26H33N3O4/c1-4-32-23-12-9-18(16-24(23)33-5-2)13-14-27-25(30)19-10-11-20-22(17-19)28(3)26(31)21-8-6-7-15-29(20)21/h9-12,16-17,21H,4-8,13-15H2,1-3H3,(H,27,30). The van der Waals surface area contributed by atoms with Crippen LogP contribution < -0.4 is 24.6 Å². The molecule has 2 aromatic rings. The number of nitrogens with one attached hydrogen (secondary N) is 1. The fourth-order valence-electron chi connectivity index (χ4n) is 4.67. The van der Waals surface area contributed by atoms with Crippen LogP contribution in [-0.4, -0.2) is 51.2 Å². The lowest BCUT2D eigenvalue weighted by molar-refractivity contribution is -0.120. The maximum atomic E-state index is 12.8. The number of rotatable bonds is 8. The van der Waals surface area contributed by atoms with Gasteiger partial charge in [0.15, 0.2) is 11.5 Å². The number of anilines is 2. The number of likely N-dealkylation sites (N-methyl/N-ethyl adjacent to an activating group) is 1. The van der Waals surface area contributed by atoms with Crippen molar-refractivity contribution in [1.82, 2.24) is 5.32 Å². The molecule has 0 aliphatic carbocycles. The van der Waals surface area contributed by atoms with Crippen LogP contribution in [0.4, 0.5) is 11.4 Å². The predicted octanol–water partition coefficient (Wildman–Crippen LogP) is 3.79. The van der Waals surface area contributed by atoms with E-state index in [1.807, 2.05) is 50.2 Å². The highest BCUT2D eigenvalue weighted by atomic mass is 16.5. The summed E-state index contributed by atoms with van der Waals surface area (Å²) in [6.07, 6.45) is 3.74. The molecular formula is C26H33N3O4. The molecule has 2 aromatic carbocycles. The molecule has 0 spiro atoms. The van der Waals surface area contributed by atoms with E-state index in [1.165, 1.54) is 0 Å². The average molecular weight is 452 g/mol. The number of hydrogen-bond donors (Lipinski definition) is 1. The van der Waals surface area contributed by atoms with E-state index in [1.54, 1.807) is 11.9 Å². The number of hydrogen-bond acceptors (Lipinski definition) is 5. The Morgan fingerprint density at radius 1 is 1.03 bits per heavy atom. The molecule has 0 aromatic heterocycles. The van der Waals surface area contributed by atoms with Gasteiger partial charge in [-0.25, -0.2) is 0 Å². The smallest absolute Gasteiger partial charge is 0.251 e. The van der Waals surface area contributed by atoms with E-state index in [-0.39, 0.29) is 17.9 Å². The van der Waals surface area contributed by atoms with Gasteiger partial charge >= 0.3 is 0 Å². The Balaban J connectivity index is 1.42. The third kappa shape index (κ3) is 4.77. The summed E-state index contributed by atoms with van der Waals surface area (Å²) in [7, 11) is 1.80. The van der Waals surface area contributed by atoms with E-state index in [9.17, 15) is 9.59 Å². The summed E-state index contributed by atoms with van der Waals surface area (Å²) in [6, 6.07) is 11.5. The molecule has 0 radical (unpaired) electrons. The van der Waals surface area contributed by atoms with Gasteiger partial charge in [0.1, 0.15) is 6.04 Å². The first-order valence-electron chi connectivity index (χ1n) is 11.9. The number of piperidine rings is 1. The van der Waals surface area contributed by atoms with Crippen LogP contribution in [0.1, 0.15) is 49.0 Å². The van der Waals surface area contributed by atoms with Crippen LogP contribution in [0.5, 0.6) is 11.5 Å². The highest BCUT2D eigenvalue weighted by Gasteiger charge is 2.37. The van der Waals surface area contributed by atoms with Crippen LogP contribution in [0.3, 0.4) is 0 Å². The molecule has 2 aliphatic heterocycles. The summed E-state index contributed by atoms with van der Waals surface area (Å²) in [5.74, 6) is 1.42. The third-order valence-corrected chi connectivity index (χ3v) is 6.33. The van der Waals surface area contributed by atoms with Crippen molar-refractivity contribution in [3.8, 4) is 11.5 Å². The predicted molar refractivity (Wildman–Crippen MR) is 130 cm³/mol. The van der Waals surface area contributed by atoms with Crippen LogP contribution in [-0.2, 0) is 11.2 Å². The molecule has 1 saturated heterocycles. The van der Waals surface area contributed by atoms with Gasteiger partial charge in [0.2, 0.25) is 5.91 Å². The summed E-state index contributed by atoms with van der Waals surface area (Å²) in [5, 5.41) is 3.00. The minimum absolute atomic E-state index is 0.0772. The molecule has 7 heteroatoms. The molecule has 2 amide bonds. The molecule has 7 nitrogen and oxygen atoms in total. The second kappa shape index (κ2) is 10.1. The zero-order chi connectivity index (χ0) is 23.4. The molecule has 4 rings (SSSR count). The van der Waals surface area contributed by atoms with Crippen LogP contribution in [0.25, 0.3) is 0 Å². The van der Waals surface area contributed by atoms with Gasteiger partial charge in [0, 0.05) is 25.7 Å². The van der Waals surface area contributed by atoms with Crippen molar-refractivity contribution in [2.24, 2.45) is 0 Å². The van der Waals surface area contributed by atoms with E-state index >= 15 is 0 Å². The first kappa shape index (κ1) is 23.0. The molecule has 0 bridgehead atoms. The number of amides is 2. The van der Waals surface area contributed by atoms with Gasteiger partial charge in [-0.3, -0.25) is 9.59 Å². The van der Waals surface area contributed by atoms with Gasteiger partial charge in [0.25, 0.3) is 5.91 Å². The summed E-state index contributed by atoms with van der Waals surface area (Å²) in [5.41, 5.74) is 3.47. The average Bonchev–Trinajstić information content (AvgIpc) is 2.84. The minimum Gasteiger partial charge on any atom is -0.490 e. The van der Waals surface area contributed by atoms with Gasteiger partial charge in [-0.15, -0.1) is 0 Å². The monoisotopic (exact) mass is 451 g/mol. The van der Waals surface area contributed by atoms with E-state index in [4.69, 9.17) is 9.47 Å². The van der Waals surface area contributed by atoms with Gasteiger partial charge < -0.3 is 24.6 Å². The van der Waals surface area contributed by atoms with Crippen molar-refractivity contribution < 1.29 is 19.1 Å². The Morgan fingerprint density at radius 3 is 2.61 bits per heavy atom. The number of ether oxygens (including phenoxy) is 2. The fraction of sp³-hybridized carbons (Fsp3) is 0.462. The Morgan fingerprint density at radius 2 is 1.82 bits per heavy atom. The topological polar surface area (TPSA) is 71.1 Å². The third-order valence-electron chi connectivity index (χ3n) is 6.33. The van der Waals surface area contributed by atoms with Crippen molar-refractivity contribution in [2.45, 2.75) is 45.6 Å². The lowest BCUT2D eigenvalue weighted by Crippen LogP contribution is -2.54. The van der Waals surface area contributed by atoms with Gasteiger partial charge in [-0.05, 0) is 75.4 Å². The second-order valence-corrected chi connectivity index (χ2v) is 8.46. The van der Waals surface area contributed by atoms with Crippen molar-refractivity contribution in [2.75, 3.05) is 43.2 Å². The summed E-state index contributed by atoms with van der Waals surface area (Å²) < 4.78 is 11.3. The molecule has 1 unspecified atom stereocenters. The lowest BCUT2D eigenvalue weighted by Gasteiger charge is -2.44. The van der Waals surface area contributed by atoms with Crippen LogP contribution >= 0.6 is 0 Å². The normalized spacial score (nSPS) is 17.3. The maximum Gasteiger partial charge on any atom is 0.251 e. The van der Waals surface area contributed by atoms with Crippen molar-refractivity contribution in [3.63, 3.8) is 0 Å². The lowest BCUT2D eigenvalue weighted by atomic mass is 9.96. The minimum atomic E-state index is -0.143. The van der Waals surface area contributed by atoms with E-state index < -0.39 is 0 Å². The Hall–Kier alpha value is -3.22. The fourth-order valence-corrected chi connectivity index (χ4v) is 4.67. The molecule has 176 valence electrons. The molecular weight excluding hydrogens is 418 g/mol. The number of fused-ring (bicyclic) bond motifs is 3. The van der Waals surface area contributed by atoms with Gasteiger partial charge in [0.05, 0.1) is 24.6 Å². The van der Waals surface area contributed by atoms with Crippen molar-refractivity contribution in [1.29, 1.82) is 0 Å². The largest absolute Gasteiger partial charge is 0.490 e. The van der Waals surface area contributed by atoms with Gasteiger partial charge in [-0.1, -0.05) is 6.07 Å². The SMILES string of the molecule is CCOc1ccc(CCNC(=O)c2ccc3c(c2)N(C)C(=O)C2CCCCN32)cc1OCC. The van der Waals surface area contributed by atoms with Crippen LogP contribution in [0.15, 0.2) is 36.4 Å². The van der Waals surface area contributed by atoms with E-state index in [0.717, 1.165) is 54.2 Å². The number of benzene rings is 2. The molecule has 2 heterocycles. The summed E-state index contributed by atoms with van der Waals surface area (Å²) in [4.78, 5) is 29.6. The van der Waals surface area contributed by atoms with Gasteiger partial charge in [-0.2, -0.15) is 0 Å². The Kier molecular flexibility index (Phi) is 7.06. The second-order valence-electron chi connectivity index (χ2n) is 8.46. The highest BCUT2D eigenvalue weighted by molar-refractivity contribution is 6.07. The molecule has 2 aliphatic rings. The van der Waals surface area contributed by atoms with E-state index in [2.05, 4.69) is 10.2 Å². The van der Waals surface area contributed by atoms with E-state index in [0.29, 0.717) is 31.7 Å². The number of carbonyl (C=O) groups excluding carboxylic acids is 2. The molecule has 1 N–H and O–H groups in total. The molecule has 33 heavy (non-hydrogen) atoms. The first-order chi connectivity index (χ1) is 16.0. The van der Waals surface area contributed by atoms with Crippen LogP contribution in [0.2, 0.25) is 0 Å². The maximum absolute atomic E-state index is 12.8. The van der Waals surface area contributed by atoms with Crippen LogP contribution in [0, 0.1) is 0 Å². The first-order valence-corrected chi connectivity index (χ1v) is 11.9.